The Morgan fingerprint density at radius 3 is 3.20 bits per heavy atom. The van der Waals surface area contributed by atoms with E-state index in [1.54, 1.807) is 6.33 Å². The van der Waals surface area contributed by atoms with E-state index in [2.05, 4.69) is 37.7 Å². The highest BCUT2D eigenvalue weighted by Crippen LogP contribution is 2.20. The van der Waals surface area contributed by atoms with Gasteiger partial charge < -0.3 is 9.64 Å². The molecule has 5 heteroatoms. The van der Waals surface area contributed by atoms with Crippen molar-refractivity contribution in [3.05, 3.63) is 17.0 Å². The Morgan fingerprint density at radius 2 is 2.47 bits per heavy atom. The molecule has 1 aliphatic rings. The van der Waals surface area contributed by atoms with Crippen LogP contribution in [0.25, 0.3) is 0 Å². The molecule has 0 radical (unpaired) electrons. The van der Waals surface area contributed by atoms with Crippen molar-refractivity contribution in [1.82, 2.24) is 9.97 Å². The lowest BCUT2D eigenvalue weighted by atomic mass is 10.2. The third-order valence-electron chi connectivity index (χ3n) is 2.61. The van der Waals surface area contributed by atoms with Crippen LogP contribution in [0.3, 0.4) is 0 Å². The monoisotopic (exact) mass is 271 g/mol. The zero-order valence-electron chi connectivity index (χ0n) is 8.69. The van der Waals surface area contributed by atoms with E-state index in [4.69, 9.17) is 4.74 Å². The average Bonchev–Trinajstić information content (AvgIpc) is 2.29. The van der Waals surface area contributed by atoms with E-state index in [1.165, 1.54) is 0 Å². The second-order valence-corrected chi connectivity index (χ2v) is 4.34. The van der Waals surface area contributed by atoms with Gasteiger partial charge in [-0.1, -0.05) is 6.92 Å². The lowest BCUT2D eigenvalue weighted by Gasteiger charge is -2.35. The van der Waals surface area contributed by atoms with Crippen molar-refractivity contribution in [3.8, 4) is 0 Å². The smallest absolute Gasteiger partial charge is 0.133 e. The molecule has 1 saturated heterocycles. The molecule has 0 aliphatic carbocycles. The minimum atomic E-state index is 0.431. The predicted octanol–water partition coefficient (Wildman–Crippen LogP) is 1.85. The van der Waals surface area contributed by atoms with Gasteiger partial charge in [-0.25, -0.2) is 9.97 Å². The maximum atomic E-state index is 5.46. The van der Waals surface area contributed by atoms with Crippen LogP contribution in [0.5, 0.6) is 0 Å². The highest BCUT2D eigenvalue weighted by molar-refractivity contribution is 9.10. The highest BCUT2D eigenvalue weighted by Gasteiger charge is 2.22. The van der Waals surface area contributed by atoms with Gasteiger partial charge in [0.15, 0.2) is 0 Å². The second-order valence-electron chi connectivity index (χ2n) is 3.53. The predicted molar refractivity (Wildman–Crippen MR) is 62.0 cm³/mol. The number of anilines is 1. The molecule has 2 heterocycles. The Labute approximate surface area is 97.8 Å². The van der Waals surface area contributed by atoms with E-state index in [9.17, 15) is 0 Å². The molecule has 0 aromatic carbocycles. The summed E-state index contributed by atoms with van der Waals surface area (Å²) in [7, 11) is 0. The van der Waals surface area contributed by atoms with Crippen LogP contribution < -0.4 is 4.90 Å². The Kier molecular flexibility index (Phi) is 3.53. The van der Waals surface area contributed by atoms with E-state index in [1.807, 2.05) is 6.07 Å². The van der Waals surface area contributed by atoms with Gasteiger partial charge in [-0.2, -0.15) is 0 Å². The van der Waals surface area contributed by atoms with Gasteiger partial charge in [0.2, 0.25) is 0 Å². The normalized spacial score (nSPS) is 21.7. The molecule has 2 rings (SSSR count). The number of morpholine rings is 1. The van der Waals surface area contributed by atoms with Gasteiger partial charge in [0.1, 0.15) is 16.7 Å². The fraction of sp³-hybridized carbons (Fsp3) is 0.600. The number of ether oxygens (including phenoxy) is 1. The third kappa shape index (κ3) is 2.46. The second kappa shape index (κ2) is 4.90. The maximum Gasteiger partial charge on any atom is 0.133 e. The maximum absolute atomic E-state index is 5.46. The number of halogens is 1. The van der Waals surface area contributed by atoms with Crippen LogP contribution >= 0.6 is 15.9 Å². The Balaban J connectivity index is 2.20. The van der Waals surface area contributed by atoms with E-state index >= 15 is 0 Å². The molecule has 0 amide bonds. The van der Waals surface area contributed by atoms with Gasteiger partial charge in [-0.3, -0.25) is 0 Å². The summed E-state index contributed by atoms with van der Waals surface area (Å²) in [6.45, 7) is 4.64. The number of aromatic nitrogens is 2. The molecule has 0 saturated carbocycles. The summed E-state index contributed by atoms with van der Waals surface area (Å²) in [5.41, 5.74) is 0. The summed E-state index contributed by atoms with van der Waals surface area (Å²) in [6, 6.07) is 2.38. The van der Waals surface area contributed by atoms with Gasteiger partial charge in [-0.15, -0.1) is 0 Å². The molecule has 0 spiro atoms. The van der Waals surface area contributed by atoms with Gasteiger partial charge in [0.05, 0.1) is 19.3 Å². The Hall–Kier alpha value is -0.680. The van der Waals surface area contributed by atoms with Gasteiger partial charge in [0, 0.05) is 12.6 Å². The molecule has 1 unspecified atom stereocenters. The summed E-state index contributed by atoms with van der Waals surface area (Å²) >= 11 is 3.36. The SMILES string of the molecule is CCC1COCCN1c1cc(Br)ncn1. The minimum Gasteiger partial charge on any atom is -0.377 e. The zero-order valence-corrected chi connectivity index (χ0v) is 10.3. The lowest BCUT2D eigenvalue weighted by Crippen LogP contribution is -2.45. The van der Waals surface area contributed by atoms with E-state index in [0.717, 1.165) is 36.6 Å². The molecule has 0 N–H and O–H groups in total. The molecule has 0 bridgehead atoms. The van der Waals surface area contributed by atoms with Gasteiger partial charge in [-0.05, 0) is 22.4 Å². The average molecular weight is 272 g/mol. The zero-order chi connectivity index (χ0) is 10.7. The van der Waals surface area contributed by atoms with Crippen LogP contribution in [0.4, 0.5) is 5.82 Å². The van der Waals surface area contributed by atoms with Crippen LogP contribution in [-0.4, -0.2) is 35.8 Å². The first-order valence-electron chi connectivity index (χ1n) is 5.13. The molecule has 1 fully saturated rings. The van der Waals surface area contributed by atoms with Crippen molar-refractivity contribution in [2.75, 3.05) is 24.7 Å². The van der Waals surface area contributed by atoms with Crippen molar-refractivity contribution in [2.45, 2.75) is 19.4 Å². The van der Waals surface area contributed by atoms with Crippen molar-refractivity contribution >= 4 is 21.7 Å². The van der Waals surface area contributed by atoms with E-state index in [0.29, 0.717) is 6.04 Å². The first-order chi connectivity index (χ1) is 7.31. The summed E-state index contributed by atoms with van der Waals surface area (Å²) in [5, 5.41) is 0. The third-order valence-corrected chi connectivity index (χ3v) is 3.05. The Morgan fingerprint density at radius 1 is 1.60 bits per heavy atom. The number of hydrogen-bond donors (Lipinski definition) is 0. The Bertz CT molecular complexity index is 334. The van der Waals surface area contributed by atoms with Crippen LogP contribution in [0, 0.1) is 0 Å². The minimum absolute atomic E-state index is 0.431. The van der Waals surface area contributed by atoms with Crippen LogP contribution in [-0.2, 0) is 4.74 Å². The molecule has 1 aliphatic heterocycles. The van der Waals surface area contributed by atoms with Gasteiger partial charge >= 0.3 is 0 Å². The lowest BCUT2D eigenvalue weighted by molar-refractivity contribution is 0.0925. The molecule has 15 heavy (non-hydrogen) atoms. The molecule has 1 aromatic heterocycles. The first-order valence-corrected chi connectivity index (χ1v) is 5.92. The van der Waals surface area contributed by atoms with Crippen molar-refractivity contribution in [3.63, 3.8) is 0 Å². The molecule has 1 atom stereocenters. The standard InChI is InChI=1S/C10H14BrN3O/c1-2-8-6-15-4-3-14(8)10-5-9(11)12-7-13-10/h5,7-8H,2-4,6H2,1H3. The van der Waals surface area contributed by atoms with Crippen LogP contribution in [0.2, 0.25) is 0 Å². The number of nitrogens with zero attached hydrogens (tertiary/aromatic N) is 3. The molecule has 1 aromatic rings. The summed E-state index contributed by atoms with van der Waals surface area (Å²) in [5.74, 6) is 0.979. The van der Waals surface area contributed by atoms with Crippen molar-refractivity contribution in [1.29, 1.82) is 0 Å². The highest BCUT2D eigenvalue weighted by atomic mass is 79.9. The number of rotatable bonds is 2. The molecule has 4 nitrogen and oxygen atoms in total. The van der Waals surface area contributed by atoms with Crippen LogP contribution in [0.15, 0.2) is 17.0 Å². The summed E-state index contributed by atoms with van der Waals surface area (Å²) in [4.78, 5) is 10.6. The molecular weight excluding hydrogens is 258 g/mol. The van der Waals surface area contributed by atoms with E-state index in [-0.39, 0.29) is 0 Å². The fourth-order valence-corrected chi connectivity index (χ4v) is 2.07. The first kappa shape index (κ1) is 10.8. The van der Waals surface area contributed by atoms with Gasteiger partial charge in [0.25, 0.3) is 0 Å². The number of hydrogen-bond acceptors (Lipinski definition) is 4. The van der Waals surface area contributed by atoms with Crippen LogP contribution in [0.1, 0.15) is 13.3 Å². The molecule has 82 valence electrons. The molecular formula is C10H14BrN3O. The van der Waals surface area contributed by atoms with Crippen molar-refractivity contribution < 1.29 is 4.74 Å². The fourth-order valence-electron chi connectivity index (χ4n) is 1.78. The van der Waals surface area contributed by atoms with E-state index < -0.39 is 0 Å². The van der Waals surface area contributed by atoms with Crippen molar-refractivity contribution in [2.24, 2.45) is 0 Å². The topological polar surface area (TPSA) is 38.2 Å². The largest absolute Gasteiger partial charge is 0.377 e. The quantitative estimate of drug-likeness (QED) is 0.770. The summed E-state index contributed by atoms with van der Waals surface area (Å²) in [6.07, 6.45) is 2.66. The summed E-state index contributed by atoms with van der Waals surface area (Å²) < 4.78 is 6.29.